The van der Waals surface area contributed by atoms with Gasteiger partial charge in [-0.25, -0.2) is 4.98 Å². The van der Waals surface area contributed by atoms with Crippen molar-refractivity contribution in [2.24, 2.45) is 0 Å². The molecule has 0 unspecified atom stereocenters. The van der Waals surface area contributed by atoms with Gasteiger partial charge in [-0.3, -0.25) is 4.79 Å². The van der Waals surface area contributed by atoms with E-state index in [0.29, 0.717) is 0 Å². The van der Waals surface area contributed by atoms with Crippen LogP contribution in [0.5, 0.6) is 0 Å². The molecule has 0 fully saturated rings. The van der Waals surface area contributed by atoms with Crippen LogP contribution in [0.15, 0.2) is 0 Å². The maximum Gasteiger partial charge on any atom is 0.186 e. The number of rotatable bonds is 5. The fraction of sp³-hybridized carbons (Fsp3) is 0.667. The van der Waals surface area contributed by atoms with Gasteiger partial charge < -0.3 is 4.90 Å². The van der Waals surface area contributed by atoms with E-state index in [9.17, 15) is 4.79 Å². The molecule has 1 rings (SSSR count). The second kappa shape index (κ2) is 4.95. The number of anilines is 1. The summed E-state index contributed by atoms with van der Waals surface area (Å²) in [5, 5.41) is 0.936. The number of hydrogen-bond donors (Lipinski definition) is 0. The van der Waals surface area contributed by atoms with Crippen molar-refractivity contribution in [3.8, 4) is 0 Å². The predicted octanol–water partition coefficient (Wildman–Crippen LogP) is 3.14. The van der Waals surface area contributed by atoms with E-state index in [1.807, 2.05) is 14.0 Å². The number of aldehydes is 1. The summed E-state index contributed by atoms with van der Waals surface area (Å²) < 4.78 is 0. The zero-order chi connectivity index (χ0) is 12.3. The van der Waals surface area contributed by atoms with Gasteiger partial charge in [0.15, 0.2) is 11.4 Å². The van der Waals surface area contributed by atoms with Crippen LogP contribution in [-0.4, -0.2) is 23.9 Å². The van der Waals surface area contributed by atoms with Crippen LogP contribution in [0.4, 0.5) is 5.13 Å². The van der Waals surface area contributed by atoms with Gasteiger partial charge in [0.25, 0.3) is 0 Å². The van der Waals surface area contributed by atoms with E-state index in [1.165, 1.54) is 11.3 Å². The number of thiazole rings is 1. The highest BCUT2D eigenvalue weighted by atomic mass is 32.1. The summed E-state index contributed by atoms with van der Waals surface area (Å²) in [5.74, 6) is 0. The summed E-state index contributed by atoms with van der Waals surface area (Å²) in [6, 6.07) is 0. The molecule has 0 radical (unpaired) electrons. The van der Waals surface area contributed by atoms with Crippen molar-refractivity contribution in [3.63, 3.8) is 0 Å². The molecule has 1 aromatic rings. The SMILES string of the molecule is CCc1nc(N(C)C(C)(C)CC)sc1C=O. The normalized spacial score (nSPS) is 11.6. The topological polar surface area (TPSA) is 33.2 Å². The van der Waals surface area contributed by atoms with Crippen LogP contribution < -0.4 is 4.90 Å². The minimum atomic E-state index is 0.0724. The lowest BCUT2D eigenvalue weighted by atomic mass is 10.0. The predicted molar refractivity (Wildman–Crippen MR) is 69.7 cm³/mol. The molecule has 0 saturated carbocycles. The fourth-order valence-corrected chi connectivity index (χ4v) is 2.43. The van der Waals surface area contributed by atoms with Gasteiger partial charge in [0, 0.05) is 12.6 Å². The minimum Gasteiger partial charge on any atom is -0.346 e. The highest BCUT2D eigenvalue weighted by molar-refractivity contribution is 7.17. The third-order valence-corrected chi connectivity index (χ3v) is 4.32. The number of carbonyl (C=O) groups is 1. The fourth-order valence-electron chi connectivity index (χ4n) is 1.34. The molecule has 3 nitrogen and oxygen atoms in total. The lowest BCUT2D eigenvalue weighted by Crippen LogP contribution is -2.40. The van der Waals surface area contributed by atoms with Crippen molar-refractivity contribution in [1.82, 2.24) is 4.98 Å². The van der Waals surface area contributed by atoms with E-state index in [4.69, 9.17) is 0 Å². The molecular formula is C12H20N2OS. The summed E-state index contributed by atoms with van der Waals surface area (Å²) in [6.45, 7) is 8.55. The summed E-state index contributed by atoms with van der Waals surface area (Å²) in [5.41, 5.74) is 0.983. The van der Waals surface area contributed by atoms with Crippen LogP contribution in [0, 0.1) is 0 Å². The summed E-state index contributed by atoms with van der Waals surface area (Å²) >= 11 is 1.48. The van der Waals surface area contributed by atoms with Crippen LogP contribution in [-0.2, 0) is 6.42 Å². The molecule has 0 bridgehead atoms. The van der Waals surface area contributed by atoms with Gasteiger partial charge in [0.1, 0.15) is 0 Å². The van der Waals surface area contributed by atoms with Crippen molar-refractivity contribution < 1.29 is 4.79 Å². The monoisotopic (exact) mass is 240 g/mol. The first-order valence-corrected chi connectivity index (χ1v) is 6.46. The highest BCUT2D eigenvalue weighted by Gasteiger charge is 2.24. The van der Waals surface area contributed by atoms with Crippen LogP contribution in [0.3, 0.4) is 0 Å². The molecule has 0 aliphatic rings. The van der Waals surface area contributed by atoms with Gasteiger partial charge >= 0.3 is 0 Å². The molecule has 0 amide bonds. The van der Waals surface area contributed by atoms with Gasteiger partial charge in [0.05, 0.1) is 10.6 Å². The number of aryl methyl sites for hydroxylation is 1. The third-order valence-electron chi connectivity index (χ3n) is 3.22. The molecule has 90 valence electrons. The number of hydrogen-bond acceptors (Lipinski definition) is 4. The maximum atomic E-state index is 10.9. The Labute approximate surface area is 101 Å². The molecule has 16 heavy (non-hydrogen) atoms. The Morgan fingerprint density at radius 2 is 2.06 bits per heavy atom. The second-order valence-corrected chi connectivity index (χ2v) is 5.51. The van der Waals surface area contributed by atoms with E-state index in [-0.39, 0.29) is 5.54 Å². The van der Waals surface area contributed by atoms with Gasteiger partial charge in [-0.15, -0.1) is 0 Å². The zero-order valence-corrected chi connectivity index (χ0v) is 11.5. The Kier molecular flexibility index (Phi) is 4.08. The molecule has 0 N–H and O–H groups in total. The van der Waals surface area contributed by atoms with Crippen LogP contribution in [0.2, 0.25) is 0 Å². The average Bonchev–Trinajstić information content (AvgIpc) is 2.70. The minimum absolute atomic E-state index is 0.0724. The van der Waals surface area contributed by atoms with Gasteiger partial charge in [-0.05, 0) is 26.7 Å². The molecule has 0 saturated heterocycles. The summed E-state index contributed by atoms with van der Waals surface area (Å²) in [6.07, 6.45) is 2.76. The Balaban J connectivity index is 3.05. The van der Waals surface area contributed by atoms with E-state index in [1.54, 1.807) is 0 Å². The highest BCUT2D eigenvalue weighted by Crippen LogP contribution is 2.30. The average molecular weight is 240 g/mol. The second-order valence-electron chi connectivity index (χ2n) is 4.50. The van der Waals surface area contributed by atoms with Crippen LogP contribution in [0.25, 0.3) is 0 Å². The molecular weight excluding hydrogens is 220 g/mol. The molecule has 4 heteroatoms. The van der Waals surface area contributed by atoms with Gasteiger partial charge in [-0.2, -0.15) is 0 Å². The van der Waals surface area contributed by atoms with E-state index >= 15 is 0 Å². The molecule has 0 spiro atoms. The Morgan fingerprint density at radius 3 is 2.44 bits per heavy atom. The summed E-state index contributed by atoms with van der Waals surface area (Å²) in [4.78, 5) is 18.3. The Morgan fingerprint density at radius 1 is 1.44 bits per heavy atom. The van der Waals surface area contributed by atoms with Gasteiger partial charge in [-0.1, -0.05) is 25.2 Å². The molecule has 0 aliphatic carbocycles. The standard InChI is InChI=1S/C12H20N2OS/c1-6-9-10(8-15)16-11(13-9)14(5)12(3,4)7-2/h8H,6-7H2,1-5H3. The Bertz CT molecular complexity index is 371. The van der Waals surface area contributed by atoms with Crippen LogP contribution in [0.1, 0.15) is 49.5 Å². The first kappa shape index (κ1) is 13.2. The van der Waals surface area contributed by atoms with Crippen molar-refractivity contribution >= 4 is 22.8 Å². The lowest BCUT2D eigenvalue weighted by molar-refractivity contribution is 0.112. The zero-order valence-electron chi connectivity index (χ0n) is 10.7. The van der Waals surface area contributed by atoms with Crippen molar-refractivity contribution in [3.05, 3.63) is 10.6 Å². The molecule has 0 aliphatic heterocycles. The van der Waals surface area contributed by atoms with E-state index in [0.717, 1.165) is 34.8 Å². The van der Waals surface area contributed by atoms with Gasteiger partial charge in [0.2, 0.25) is 0 Å². The maximum absolute atomic E-state index is 10.9. The molecule has 1 aromatic heterocycles. The van der Waals surface area contributed by atoms with E-state index in [2.05, 4.69) is 30.7 Å². The molecule has 1 heterocycles. The van der Waals surface area contributed by atoms with Crippen molar-refractivity contribution in [2.75, 3.05) is 11.9 Å². The van der Waals surface area contributed by atoms with Crippen LogP contribution >= 0.6 is 11.3 Å². The molecule has 0 atom stereocenters. The smallest absolute Gasteiger partial charge is 0.186 e. The first-order chi connectivity index (χ1) is 7.46. The number of nitrogens with zero attached hydrogens (tertiary/aromatic N) is 2. The number of carbonyl (C=O) groups excluding carboxylic acids is 1. The third kappa shape index (κ3) is 2.43. The largest absolute Gasteiger partial charge is 0.346 e. The van der Waals surface area contributed by atoms with E-state index < -0.39 is 0 Å². The number of aromatic nitrogens is 1. The lowest BCUT2D eigenvalue weighted by Gasteiger charge is -2.34. The first-order valence-electron chi connectivity index (χ1n) is 5.65. The summed E-state index contributed by atoms with van der Waals surface area (Å²) in [7, 11) is 2.04. The van der Waals surface area contributed by atoms with Crippen molar-refractivity contribution in [2.45, 2.75) is 46.1 Å². The van der Waals surface area contributed by atoms with Crippen molar-refractivity contribution in [1.29, 1.82) is 0 Å². The Hall–Kier alpha value is -0.900. The quantitative estimate of drug-likeness (QED) is 0.741. The molecule has 0 aromatic carbocycles.